The van der Waals surface area contributed by atoms with Crippen LogP contribution in [-0.2, 0) is 24.2 Å². The van der Waals surface area contributed by atoms with Gasteiger partial charge in [0.1, 0.15) is 5.00 Å². The number of hydrogen-bond donors (Lipinski definition) is 2. The van der Waals surface area contributed by atoms with Gasteiger partial charge in [-0.2, -0.15) is 0 Å². The highest BCUT2D eigenvalue weighted by molar-refractivity contribution is 7.15. The van der Waals surface area contributed by atoms with Gasteiger partial charge in [0.2, 0.25) is 5.91 Å². The molecule has 144 valence electrons. The summed E-state index contributed by atoms with van der Waals surface area (Å²) in [6.45, 7) is 1.90. The van der Waals surface area contributed by atoms with E-state index in [2.05, 4.69) is 10.6 Å². The van der Waals surface area contributed by atoms with Crippen molar-refractivity contribution in [3.8, 4) is 5.00 Å². The first-order valence-corrected chi connectivity index (χ1v) is 10.4. The van der Waals surface area contributed by atoms with Crippen molar-refractivity contribution in [2.75, 3.05) is 5.32 Å². The van der Waals surface area contributed by atoms with Crippen LogP contribution in [0.2, 0.25) is 0 Å². The zero-order valence-corrected chi connectivity index (χ0v) is 16.6. The van der Waals surface area contributed by atoms with Crippen molar-refractivity contribution in [2.45, 2.75) is 39.2 Å². The first-order valence-electron chi connectivity index (χ1n) is 9.54. The second-order valence-corrected chi connectivity index (χ2v) is 8.13. The van der Waals surface area contributed by atoms with E-state index in [0.717, 1.165) is 41.1 Å². The van der Waals surface area contributed by atoms with Crippen molar-refractivity contribution in [3.05, 3.63) is 70.4 Å². The van der Waals surface area contributed by atoms with E-state index in [-0.39, 0.29) is 11.8 Å². The SMILES string of the molecule is CC(=O)Nc1cccc(CNC(=O)c2c(-n3cccc3)sc3c2CCCC3)c1. The Balaban J connectivity index is 1.57. The van der Waals surface area contributed by atoms with Gasteiger partial charge in [0, 0.05) is 36.4 Å². The molecule has 4 rings (SSSR count). The summed E-state index contributed by atoms with van der Waals surface area (Å²) >= 11 is 1.73. The van der Waals surface area contributed by atoms with E-state index in [9.17, 15) is 9.59 Å². The average molecular weight is 394 g/mol. The molecule has 0 fully saturated rings. The number of anilines is 1. The fourth-order valence-electron chi connectivity index (χ4n) is 3.67. The van der Waals surface area contributed by atoms with Gasteiger partial charge in [-0.05, 0) is 61.1 Å². The second kappa shape index (κ2) is 8.02. The molecule has 1 aliphatic carbocycles. The molecule has 2 aromatic heterocycles. The molecule has 0 unspecified atom stereocenters. The fourth-order valence-corrected chi connectivity index (χ4v) is 5.02. The van der Waals surface area contributed by atoms with Gasteiger partial charge in [0.25, 0.3) is 5.91 Å². The maximum absolute atomic E-state index is 13.1. The van der Waals surface area contributed by atoms with Gasteiger partial charge >= 0.3 is 0 Å². The molecule has 2 heterocycles. The van der Waals surface area contributed by atoms with Crippen LogP contribution in [0, 0.1) is 0 Å². The van der Waals surface area contributed by atoms with Crippen molar-refractivity contribution in [1.29, 1.82) is 0 Å². The van der Waals surface area contributed by atoms with Gasteiger partial charge in [-0.15, -0.1) is 11.3 Å². The molecule has 0 aliphatic heterocycles. The lowest BCUT2D eigenvalue weighted by atomic mass is 9.95. The predicted molar refractivity (Wildman–Crippen MR) is 112 cm³/mol. The van der Waals surface area contributed by atoms with E-state index in [4.69, 9.17) is 0 Å². The third kappa shape index (κ3) is 3.87. The van der Waals surface area contributed by atoms with Gasteiger partial charge in [-0.25, -0.2) is 0 Å². The number of nitrogens with zero attached hydrogens (tertiary/aromatic N) is 1. The lowest BCUT2D eigenvalue weighted by Gasteiger charge is -2.13. The summed E-state index contributed by atoms with van der Waals surface area (Å²) in [6, 6.07) is 11.5. The van der Waals surface area contributed by atoms with Crippen LogP contribution in [-0.4, -0.2) is 16.4 Å². The quantitative estimate of drug-likeness (QED) is 0.679. The molecule has 0 bridgehead atoms. The summed E-state index contributed by atoms with van der Waals surface area (Å²) in [5.41, 5.74) is 3.71. The molecule has 2 N–H and O–H groups in total. The average Bonchev–Trinajstić information content (AvgIpc) is 3.33. The first-order chi connectivity index (χ1) is 13.6. The van der Waals surface area contributed by atoms with E-state index < -0.39 is 0 Å². The van der Waals surface area contributed by atoms with Crippen LogP contribution < -0.4 is 10.6 Å². The van der Waals surface area contributed by atoms with Crippen LogP contribution in [0.5, 0.6) is 0 Å². The van der Waals surface area contributed by atoms with Crippen LogP contribution in [0.4, 0.5) is 5.69 Å². The first kappa shape index (κ1) is 18.5. The van der Waals surface area contributed by atoms with Gasteiger partial charge in [0.15, 0.2) is 0 Å². The minimum atomic E-state index is -0.109. The highest BCUT2D eigenvalue weighted by atomic mass is 32.1. The van der Waals surface area contributed by atoms with Crippen molar-refractivity contribution < 1.29 is 9.59 Å². The van der Waals surface area contributed by atoms with Crippen molar-refractivity contribution in [3.63, 3.8) is 0 Å². The smallest absolute Gasteiger partial charge is 0.254 e. The molecule has 1 aromatic carbocycles. The van der Waals surface area contributed by atoms with Crippen LogP contribution >= 0.6 is 11.3 Å². The van der Waals surface area contributed by atoms with E-state index in [1.165, 1.54) is 23.8 Å². The Morgan fingerprint density at radius 1 is 1.11 bits per heavy atom. The maximum Gasteiger partial charge on any atom is 0.254 e. The molecule has 6 heteroatoms. The summed E-state index contributed by atoms with van der Waals surface area (Å²) in [5.74, 6) is -0.143. The van der Waals surface area contributed by atoms with Gasteiger partial charge in [0.05, 0.1) is 5.56 Å². The Kier molecular flexibility index (Phi) is 5.30. The topological polar surface area (TPSA) is 63.1 Å². The maximum atomic E-state index is 13.1. The monoisotopic (exact) mass is 393 g/mol. The highest BCUT2D eigenvalue weighted by Gasteiger charge is 2.25. The largest absolute Gasteiger partial charge is 0.348 e. The van der Waals surface area contributed by atoms with E-state index >= 15 is 0 Å². The van der Waals surface area contributed by atoms with Gasteiger partial charge in [-0.3, -0.25) is 9.59 Å². The number of carbonyl (C=O) groups is 2. The number of aryl methyl sites for hydroxylation is 1. The van der Waals surface area contributed by atoms with E-state index in [0.29, 0.717) is 6.54 Å². The Bertz CT molecular complexity index is 1000. The number of amides is 2. The van der Waals surface area contributed by atoms with Gasteiger partial charge < -0.3 is 15.2 Å². The number of thiophene rings is 1. The fraction of sp³-hybridized carbons (Fsp3) is 0.273. The zero-order chi connectivity index (χ0) is 19.5. The molecule has 2 amide bonds. The minimum absolute atomic E-state index is 0.0342. The minimum Gasteiger partial charge on any atom is -0.348 e. The molecular weight excluding hydrogens is 370 g/mol. The van der Waals surface area contributed by atoms with Gasteiger partial charge in [-0.1, -0.05) is 12.1 Å². The third-order valence-corrected chi connectivity index (χ3v) is 6.22. The van der Waals surface area contributed by atoms with Crippen molar-refractivity contribution in [2.24, 2.45) is 0 Å². The lowest BCUT2D eigenvalue weighted by molar-refractivity contribution is -0.114. The lowest BCUT2D eigenvalue weighted by Crippen LogP contribution is -2.25. The second-order valence-electron chi connectivity index (χ2n) is 7.05. The van der Waals surface area contributed by atoms with Crippen LogP contribution in [0.3, 0.4) is 0 Å². The predicted octanol–water partition coefficient (Wildman–Crippen LogP) is 4.31. The summed E-state index contributed by atoms with van der Waals surface area (Å²) in [7, 11) is 0. The normalized spacial score (nSPS) is 13.0. The molecule has 0 saturated heterocycles. The van der Waals surface area contributed by atoms with Crippen LogP contribution in [0.25, 0.3) is 5.00 Å². The molecule has 0 saturated carbocycles. The molecule has 0 atom stereocenters. The number of aromatic nitrogens is 1. The van der Waals surface area contributed by atoms with Crippen molar-refractivity contribution >= 4 is 28.8 Å². The number of carbonyl (C=O) groups excluding carboxylic acids is 2. The molecule has 3 aromatic rings. The standard InChI is InChI=1S/C22H23N3O2S/c1-15(26)24-17-8-6-7-16(13-17)14-23-21(27)20-18-9-2-3-10-19(18)28-22(20)25-11-4-5-12-25/h4-8,11-13H,2-3,9-10,14H2,1H3,(H,23,27)(H,24,26). The van der Waals surface area contributed by atoms with Crippen LogP contribution in [0.1, 0.15) is 46.1 Å². The number of nitrogens with one attached hydrogen (secondary N) is 2. The molecule has 28 heavy (non-hydrogen) atoms. The molecular formula is C22H23N3O2S. The highest BCUT2D eigenvalue weighted by Crippen LogP contribution is 2.36. The summed E-state index contributed by atoms with van der Waals surface area (Å²) in [5, 5.41) is 6.85. The summed E-state index contributed by atoms with van der Waals surface area (Å²) in [4.78, 5) is 25.7. The Morgan fingerprint density at radius 2 is 1.89 bits per heavy atom. The Morgan fingerprint density at radius 3 is 2.68 bits per heavy atom. The van der Waals surface area contributed by atoms with Crippen LogP contribution in [0.15, 0.2) is 48.8 Å². The summed E-state index contributed by atoms with van der Waals surface area (Å²) < 4.78 is 2.04. The zero-order valence-electron chi connectivity index (χ0n) is 15.8. The third-order valence-electron chi connectivity index (χ3n) is 4.92. The molecule has 1 aliphatic rings. The Labute approximate surface area is 168 Å². The summed E-state index contributed by atoms with van der Waals surface area (Å²) in [6.07, 6.45) is 8.33. The molecule has 5 nitrogen and oxygen atoms in total. The number of fused-ring (bicyclic) bond motifs is 1. The molecule has 0 spiro atoms. The molecule has 0 radical (unpaired) electrons. The van der Waals surface area contributed by atoms with Crippen molar-refractivity contribution in [1.82, 2.24) is 9.88 Å². The number of hydrogen-bond acceptors (Lipinski definition) is 3. The van der Waals surface area contributed by atoms with E-state index in [1.54, 1.807) is 11.3 Å². The Hall–Kier alpha value is -2.86. The number of rotatable bonds is 5. The van der Waals surface area contributed by atoms with E-state index in [1.807, 2.05) is 53.4 Å². The number of benzene rings is 1.